The number of amidine groups is 1. The summed E-state index contributed by atoms with van der Waals surface area (Å²) >= 11 is 0. The third-order valence-electron chi connectivity index (χ3n) is 3.91. The van der Waals surface area contributed by atoms with Crippen LogP contribution >= 0.6 is 0 Å². The van der Waals surface area contributed by atoms with Gasteiger partial charge in [-0.15, -0.1) is 0 Å². The minimum absolute atomic E-state index is 0.172. The predicted molar refractivity (Wildman–Crippen MR) is 77.3 cm³/mol. The highest BCUT2D eigenvalue weighted by molar-refractivity contribution is 5.97. The Hall–Kier alpha value is -1.55. The zero-order valence-corrected chi connectivity index (χ0v) is 11.5. The van der Waals surface area contributed by atoms with Crippen LogP contribution in [0.4, 0.5) is 0 Å². The fourth-order valence-electron chi connectivity index (χ4n) is 2.69. The van der Waals surface area contributed by atoms with Crippen molar-refractivity contribution in [2.75, 3.05) is 6.54 Å². The van der Waals surface area contributed by atoms with Gasteiger partial charge in [-0.05, 0) is 37.9 Å². The van der Waals surface area contributed by atoms with Gasteiger partial charge >= 0.3 is 0 Å². The summed E-state index contributed by atoms with van der Waals surface area (Å²) in [6, 6.07) is 8.57. The molecule has 1 fully saturated rings. The van der Waals surface area contributed by atoms with Gasteiger partial charge in [0.15, 0.2) is 5.84 Å². The van der Waals surface area contributed by atoms with Crippen molar-refractivity contribution in [3.05, 3.63) is 35.4 Å². The van der Waals surface area contributed by atoms with Gasteiger partial charge in [0.2, 0.25) is 0 Å². The Bertz CT molecular complexity index is 445. The molecule has 1 saturated heterocycles. The number of oxime groups is 1. The van der Waals surface area contributed by atoms with Crippen molar-refractivity contribution in [2.45, 2.75) is 45.2 Å². The fourth-order valence-corrected chi connectivity index (χ4v) is 2.69. The summed E-state index contributed by atoms with van der Waals surface area (Å²) < 4.78 is 0. The van der Waals surface area contributed by atoms with Gasteiger partial charge in [-0.2, -0.15) is 0 Å². The number of nitrogens with two attached hydrogens (primary N) is 1. The number of hydrogen-bond donors (Lipinski definition) is 2. The summed E-state index contributed by atoms with van der Waals surface area (Å²) in [6.45, 7) is 4.40. The highest BCUT2D eigenvalue weighted by Gasteiger charge is 2.17. The molecule has 1 heterocycles. The molecule has 4 nitrogen and oxygen atoms in total. The molecule has 1 unspecified atom stereocenters. The van der Waals surface area contributed by atoms with Gasteiger partial charge in [-0.25, -0.2) is 0 Å². The molecule has 0 radical (unpaired) electrons. The second-order valence-corrected chi connectivity index (χ2v) is 5.35. The molecular formula is C15H23N3O. The van der Waals surface area contributed by atoms with E-state index in [1.165, 1.54) is 31.2 Å². The Morgan fingerprint density at radius 1 is 1.42 bits per heavy atom. The van der Waals surface area contributed by atoms with Crippen molar-refractivity contribution >= 4 is 5.84 Å². The topological polar surface area (TPSA) is 61.8 Å². The van der Waals surface area contributed by atoms with Crippen molar-refractivity contribution in [3.63, 3.8) is 0 Å². The number of hydrogen-bond acceptors (Lipinski definition) is 3. The van der Waals surface area contributed by atoms with E-state index in [1.54, 1.807) is 0 Å². The summed E-state index contributed by atoms with van der Waals surface area (Å²) in [7, 11) is 0. The second-order valence-electron chi connectivity index (χ2n) is 5.35. The van der Waals surface area contributed by atoms with Crippen LogP contribution < -0.4 is 5.73 Å². The summed E-state index contributed by atoms with van der Waals surface area (Å²) in [6.07, 6.45) is 5.23. The van der Waals surface area contributed by atoms with E-state index in [4.69, 9.17) is 10.9 Å². The van der Waals surface area contributed by atoms with Crippen LogP contribution in [-0.2, 0) is 6.54 Å². The minimum Gasteiger partial charge on any atom is -0.409 e. The van der Waals surface area contributed by atoms with Crippen LogP contribution in [0.2, 0.25) is 0 Å². The quantitative estimate of drug-likeness (QED) is 0.380. The zero-order valence-electron chi connectivity index (χ0n) is 11.5. The number of rotatable bonds is 3. The maximum absolute atomic E-state index is 8.73. The van der Waals surface area contributed by atoms with Crippen LogP contribution in [0, 0.1) is 0 Å². The third-order valence-corrected chi connectivity index (χ3v) is 3.91. The van der Waals surface area contributed by atoms with Crippen molar-refractivity contribution < 1.29 is 5.21 Å². The number of benzene rings is 1. The molecule has 4 heteroatoms. The van der Waals surface area contributed by atoms with Crippen molar-refractivity contribution in [2.24, 2.45) is 10.9 Å². The van der Waals surface area contributed by atoms with Crippen LogP contribution in [0.25, 0.3) is 0 Å². The van der Waals surface area contributed by atoms with E-state index >= 15 is 0 Å². The van der Waals surface area contributed by atoms with Crippen LogP contribution in [0.5, 0.6) is 0 Å². The zero-order chi connectivity index (χ0) is 13.7. The normalized spacial score (nSPS) is 22.2. The predicted octanol–water partition coefficient (Wildman–Crippen LogP) is 2.55. The van der Waals surface area contributed by atoms with Crippen molar-refractivity contribution in [1.29, 1.82) is 0 Å². The highest BCUT2D eigenvalue weighted by atomic mass is 16.4. The average Bonchev–Trinajstić information content (AvgIpc) is 2.64. The smallest absolute Gasteiger partial charge is 0.170 e. The van der Waals surface area contributed by atoms with Gasteiger partial charge in [0.25, 0.3) is 0 Å². The highest BCUT2D eigenvalue weighted by Crippen LogP contribution is 2.19. The third kappa shape index (κ3) is 3.70. The van der Waals surface area contributed by atoms with Crippen molar-refractivity contribution in [3.8, 4) is 0 Å². The second kappa shape index (κ2) is 6.57. The van der Waals surface area contributed by atoms with Crippen LogP contribution in [0.1, 0.15) is 43.7 Å². The van der Waals surface area contributed by atoms with E-state index in [1.807, 2.05) is 18.2 Å². The molecule has 0 aliphatic carbocycles. The molecule has 19 heavy (non-hydrogen) atoms. The maximum Gasteiger partial charge on any atom is 0.170 e. The van der Waals surface area contributed by atoms with Gasteiger partial charge in [-0.1, -0.05) is 36.2 Å². The first-order valence-electron chi connectivity index (χ1n) is 7.01. The SMILES string of the molecule is CC1CCCCCN1Cc1cccc(C(N)=NO)c1. The Kier molecular flexibility index (Phi) is 4.80. The molecule has 3 N–H and O–H groups in total. The van der Waals surface area contributed by atoms with E-state index in [9.17, 15) is 0 Å². The summed E-state index contributed by atoms with van der Waals surface area (Å²) in [4.78, 5) is 2.53. The van der Waals surface area contributed by atoms with Crippen molar-refractivity contribution in [1.82, 2.24) is 4.90 Å². The Balaban J connectivity index is 2.09. The minimum atomic E-state index is 0.172. The van der Waals surface area contributed by atoms with Crippen LogP contribution in [0.15, 0.2) is 29.4 Å². The molecule has 1 aliphatic rings. The summed E-state index contributed by atoms with van der Waals surface area (Å²) in [5, 5.41) is 11.8. The molecule has 104 valence electrons. The lowest BCUT2D eigenvalue weighted by molar-refractivity contribution is 0.205. The van der Waals surface area contributed by atoms with E-state index < -0.39 is 0 Å². The molecule has 1 aromatic carbocycles. The first-order valence-corrected chi connectivity index (χ1v) is 7.01. The molecule has 0 amide bonds. The number of nitrogens with zero attached hydrogens (tertiary/aromatic N) is 2. The molecule has 0 aromatic heterocycles. The van der Waals surface area contributed by atoms with Gasteiger partial charge in [0.1, 0.15) is 0 Å². The lowest BCUT2D eigenvalue weighted by Gasteiger charge is -2.27. The fraction of sp³-hybridized carbons (Fsp3) is 0.533. The first-order chi connectivity index (χ1) is 9.20. The summed E-state index contributed by atoms with van der Waals surface area (Å²) in [5.41, 5.74) is 7.64. The summed E-state index contributed by atoms with van der Waals surface area (Å²) in [5.74, 6) is 0.172. The van der Waals surface area contributed by atoms with Crippen LogP contribution in [-0.4, -0.2) is 28.5 Å². The lowest BCUT2D eigenvalue weighted by atomic mass is 10.1. The van der Waals surface area contributed by atoms with Gasteiger partial charge in [0, 0.05) is 18.2 Å². The molecule has 1 aliphatic heterocycles. The van der Waals surface area contributed by atoms with E-state index in [-0.39, 0.29) is 5.84 Å². The molecule has 0 bridgehead atoms. The average molecular weight is 261 g/mol. The standard InChI is InChI=1S/C15H23N3O/c1-12-6-3-2-4-9-18(12)11-13-7-5-8-14(10-13)15(16)17-19/h5,7-8,10,12,19H,2-4,6,9,11H2,1H3,(H2,16,17). The Morgan fingerprint density at radius 2 is 2.26 bits per heavy atom. The maximum atomic E-state index is 8.73. The van der Waals surface area contributed by atoms with E-state index in [0.717, 1.165) is 18.7 Å². The monoisotopic (exact) mass is 261 g/mol. The van der Waals surface area contributed by atoms with E-state index in [0.29, 0.717) is 6.04 Å². The molecule has 1 atom stereocenters. The molecule has 0 saturated carbocycles. The largest absolute Gasteiger partial charge is 0.409 e. The van der Waals surface area contributed by atoms with Gasteiger partial charge < -0.3 is 10.9 Å². The lowest BCUT2D eigenvalue weighted by Crippen LogP contribution is -2.32. The van der Waals surface area contributed by atoms with Gasteiger partial charge in [0.05, 0.1) is 0 Å². The Morgan fingerprint density at radius 3 is 3.05 bits per heavy atom. The molecular weight excluding hydrogens is 238 g/mol. The molecule has 1 aromatic rings. The molecule has 0 spiro atoms. The van der Waals surface area contributed by atoms with E-state index in [2.05, 4.69) is 23.0 Å². The molecule has 2 rings (SSSR count). The number of likely N-dealkylation sites (tertiary alicyclic amines) is 1. The van der Waals surface area contributed by atoms with Gasteiger partial charge in [-0.3, -0.25) is 4.90 Å². The first kappa shape index (κ1) is 13.9. The Labute approximate surface area is 114 Å². The van der Waals surface area contributed by atoms with Crippen LogP contribution in [0.3, 0.4) is 0 Å².